The van der Waals surface area contributed by atoms with Crippen molar-refractivity contribution in [3.8, 4) is 5.75 Å². The number of rotatable bonds is 6. The summed E-state index contributed by atoms with van der Waals surface area (Å²) >= 11 is 6.06. The Bertz CT molecular complexity index is 423. The highest BCUT2D eigenvalue weighted by Gasteiger charge is 2.20. The maximum Gasteiger partial charge on any atom is 0.326 e. The summed E-state index contributed by atoms with van der Waals surface area (Å²) < 4.78 is 5.08. The van der Waals surface area contributed by atoms with Crippen molar-refractivity contribution in [2.75, 3.05) is 18.6 Å². The third-order valence-corrected chi connectivity index (χ3v) is 3.05. The van der Waals surface area contributed by atoms with Crippen LogP contribution in [0.4, 0.5) is 5.69 Å². The minimum absolute atomic E-state index is 0.480. The van der Waals surface area contributed by atoms with Crippen molar-refractivity contribution < 1.29 is 14.6 Å². The lowest BCUT2D eigenvalue weighted by Crippen LogP contribution is -2.39. The number of halogens is 1. The summed E-state index contributed by atoms with van der Waals surface area (Å²) in [5.74, 6) is -0.268. The van der Waals surface area contributed by atoms with Crippen LogP contribution in [-0.4, -0.2) is 30.8 Å². The molecule has 0 aliphatic rings. The number of carboxylic acid groups (broad SMARTS) is 1. The van der Waals surface area contributed by atoms with Gasteiger partial charge in [0, 0.05) is 12.2 Å². The molecule has 0 aromatic heterocycles. The van der Waals surface area contributed by atoms with Crippen LogP contribution in [0.1, 0.15) is 20.3 Å². The van der Waals surface area contributed by atoms with E-state index in [0.29, 0.717) is 17.3 Å². The van der Waals surface area contributed by atoms with Gasteiger partial charge in [-0.05, 0) is 31.5 Å². The predicted octanol–water partition coefficient (Wildman–Crippen LogP) is 3.04. The molecule has 100 valence electrons. The molecule has 0 amide bonds. The molecular weight excluding hydrogens is 254 g/mol. The molecule has 0 bridgehead atoms. The molecule has 0 aliphatic heterocycles. The number of anilines is 1. The number of aliphatic carboxylic acids is 1. The van der Waals surface area contributed by atoms with E-state index in [4.69, 9.17) is 21.4 Å². The van der Waals surface area contributed by atoms with E-state index >= 15 is 0 Å². The normalized spacial score (nSPS) is 12.0. The first-order valence-corrected chi connectivity index (χ1v) is 6.22. The van der Waals surface area contributed by atoms with E-state index in [2.05, 4.69) is 0 Å². The van der Waals surface area contributed by atoms with Crippen LogP contribution in [0, 0.1) is 0 Å². The Morgan fingerprint density at radius 3 is 2.67 bits per heavy atom. The molecule has 1 atom stereocenters. The first kappa shape index (κ1) is 14.6. The zero-order valence-electron chi connectivity index (χ0n) is 10.8. The Labute approximate surface area is 112 Å². The van der Waals surface area contributed by atoms with Gasteiger partial charge in [-0.2, -0.15) is 0 Å². The van der Waals surface area contributed by atoms with Gasteiger partial charge in [-0.15, -0.1) is 0 Å². The quantitative estimate of drug-likeness (QED) is 0.864. The largest absolute Gasteiger partial charge is 0.495 e. The van der Waals surface area contributed by atoms with Crippen LogP contribution in [-0.2, 0) is 4.79 Å². The average molecular weight is 272 g/mol. The Balaban J connectivity index is 3.06. The zero-order chi connectivity index (χ0) is 13.7. The average Bonchev–Trinajstić information content (AvgIpc) is 2.35. The van der Waals surface area contributed by atoms with Crippen molar-refractivity contribution in [1.29, 1.82) is 0 Å². The van der Waals surface area contributed by atoms with Crippen molar-refractivity contribution in [2.24, 2.45) is 0 Å². The summed E-state index contributed by atoms with van der Waals surface area (Å²) in [6.07, 6.45) is 0.862. The third-order valence-electron chi connectivity index (χ3n) is 2.76. The third kappa shape index (κ3) is 3.29. The highest BCUT2D eigenvalue weighted by Crippen LogP contribution is 2.30. The number of nitrogens with zero attached hydrogens (tertiary/aromatic N) is 1. The van der Waals surface area contributed by atoms with Gasteiger partial charge in [-0.25, -0.2) is 4.79 Å². The first-order chi connectivity index (χ1) is 8.51. The van der Waals surface area contributed by atoms with Crippen molar-refractivity contribution in [2.45, 2.75) is 26.3 Å². The van der Waals surface area contributed by atoms with Crippen LogP contribution in [0.25, 0.3) is 0 Å². The molecule has 4 nitrogen and oxygen atoms in total. The van der Waals surface area contributed by atoms with Crippen molar-refractivity contribution >= 4 is 23.3 Å². The number of methoxy groups -OCH3 is 1. The summed E-state index contributed by atoms with van der Waals surface area (Å²) in [7, 11) is 1.55. The molecule has 0 radical (unpaired) electrons. The number of carbonyl (C=O) groups is 1. The summed E-state index contributed by atoms with van der Waals surface area (Å²) in [5, 5.41) is 9.59. The first-order valence-electron chi connectivity index (χ1n) is 5.84. The van der Waals surface area contributed by atoms with Gasteiger partial charge in [0.1, 0.15) is 11.8 Å². The maximum absolute atomic E-state index is 11.1. The van der Waals surface area contributed by atoms with E-state index in [1.165, 1.54) is 0 Å². The smallest absolute Gasteiger partial charge is 0.326 e. The second-order valence-corrected chi connectivity index (χ2v) is 4.43. The Hall–Kier alpha value is -1.42. The maximum atomic E-state index is 11.1. The molecule has 1 aromatic carbocycles. The van der Waals surface area contributed by atoms with Crippen molar-refractivity contribution in [3.63, 3.8) is 0 Å². The molecule has 0 spiro atoms. The molecule has 0 aliphatic carbocycles. The van der Waals surface area contributed by atoms with E-state index in [9.17, 15) is 4.79 Å². The van der Waals surface area contributed by atoms with Crippen LogP contribution in [0.5, 0.6) is 5.75 Å². The van der Waals surface area contributed by atoms with Gasteiger partial charge in [0.25, 0.3) is 0 Å². The van der Waals surface area contributed by atoms with E-state index < -0.39 is 12.0 Å². The molecule has 0 saturated carbocycles. The second-order valence-electron chi connectivity index (χ2n) is 4.03. The van der Waals surface area contributed by atoms with Gasteiger partial charge >= 0.3 is 5.97 Å². The van der Waals surface area contributed by atoms with Crippen LogP contribution in [0.3, 0.4) is 0 Å². The summed E-state index contributed by atoms with van der Waals surface area (Å²) in [4.78, 5) is 12.9. The fraction of sp³-hybridized carbons (Fsp3) is 0.462. The van der Waals surface area contributed by atoms with Gasteiger partial charge in [0.2, 0.25) is 0 Å². The van der Waals surface area contributed by atoms with E-state index in [-0.39, 0.29) is 0 Å². The summed E-state index contributed by atoms with van der Waals surface area (Å²) in [6, 6.07) is 4.71. The van der Waals surface area contributed by atoms with E-state index in [1.807, 2.05) is 17.9 Å². The number of benzene rings is 1. The summed E-state index contributed by atoms with van der Waals surface area (Å²) in [5.41, 5.74) is 0.789. The lowest BCUT2D eigenvalue weighted by Gasteiger charge is -2.28. The lowest BCUT2D eigenvalue weighted by atomic mass is 10.2. The Kier molecular flexibility index (Phi) is 5.28. The van der Waals surface area contributed by atoms with Gasteiger partial charge in [-0.3, -0.25) is 0 Å². The number of ether oxygens (including phenoxy) is 1. The van der Waals surface area contributed by atoms with E-state index in [1.54, 1.807) is 26.2 Å². The predicted molar refractivity (Wildman–Crippen MR) is 72.7 cm³/mol. The van der Waals surface area contributed by atoms with Gasteiger partial charge in [-0.1, -0.05) is 18.5 Å². The topological polar surface area (TPSA) is 49.8 Å². The van der Waals surface area contributed by atoms with E-state index in [0.717, 1.165) is 12.1 Å². The number of hydrogen-bond acceptors (Lipinski definition) is 3. The van der Waals surface area contributed by atoms with Gasteiger partial charge < -0.3 is 14.7 Å². The molecule has 1 rings (SSSR count). The second kappa shape index (κ2) is 6.50. The standard InChI is InChI=1S/C13H18ClNO3/c1-4-7-15(9(2)13(16)17)10-5-6-12(18-3)11(14)8-10/h5-6,8-9H,4,7H2,1-3H3,(H,16,17)/t9-/m0/s1. The highest BCUT2D eigenvalue weighted by atomic mass is 35.5. The molecule has 0 saturated heterocycles. The minimum Gasteiger partial charge on any atom is -0.495 e. The molecule has 0 unspecified atom stereocenters. The molecule has 1 aromatic rings. The molecule has 0 fully saturated rings. The minimum atomic E-state index is -0.851. The Morgan fingerprint density at radius 1 is 1.56 bits per heavy atom. The Morgan fingerprint density at radius 2 is 2.22 bits per heavy atom. The molecular formula is C13H18ClNO3. The van der Waals surface area contributed by atoms with Crippen LogP contribution in [0.2, 0.25) is 5.02 Å². The monoisotopic (exact) mass is 271 g/mol. The molecule has 0 heterocycles. The molecule has 5 heteroatoms. The van der Waals surface area contributed by atoms with Gasteiger partial charge in [0.05, 0.1) is 12.1 Å². The van der Waals surface area contributed by atoms with Crippen LogP contribution < -0.4 is 9.64 Å². The van der Waals surface area contributed by atoms with Crippen LogP contribution in [0.15, 0.2) is 18.2 Å². The van der Waals surface area contributed by atoms with Crippen molar-refractivity contribution in [1.82, 2.24) is 0 Å². The zero-order valence-corrected chi connectivity index (χ0v) is 11.6. The number of hydrogen-bond donors (Lipinski definition) is 1. The molecule has 18 heavy (non-hydrogen) atoms. The number of carboxylic acids is 1. The SMILES string of the molecule is CCCN(c1ccc(OC)c(Cl)c1)[C@@H](C)C(=O)O. The fourth-order valence-corrected chi connectivity index (χ4v) is 2.01. The molecule has 1 N–H and O–H groups in total. The van der Waals surface area contributed by atoms with Crippen LogP contribution >= 0.6 is 11.6 Å². The summed E-state index contributed by atoms with van der Waals surface area (Å²) in [6.45, 7) is 4.33. The fourth-order valence-electron chi connectivity index (χ4n) is 1.75. The highest BCUT2D eigenvalue weighted by molar-refractivity contribution is 6.32. The lowest BCUT2D eigenvalue weighted by molar-refractivity contribution is -0.138. The van der Waals surface area contributed by atoms with Crippen molar-refractivity contribution in [3.05, 3.63) is 23.2 Å². The van der Waals surface area contributed by atoms with Gasteiger partial charge in [0.15, 0.2) is 0 Å².